The van der Waals surface area contributed by atoms with E-state index >= 15 is 0 Å². The Hall–Kier alpha value is -3.20. The molecule has 0 aliphatic heterocycles. The first-order valence-corrected chi connectivity index (χ1v) is 10.4. The molecule has 2 N–H and O–H groups in total. The molecule has 29 heavy (non-hydrogen) atoms. The smallest absolute Gasteiger partial charge is 0.261 e. The lowest BCUT2D eigenvalue weighted by Crippen LogP contribution is -2.27. The predicted molar refractivity (Wildman–Crippen MR) is 108 cm³/mol. The average molecular weight is 416 g/mol. The minimum absolute atomic E-state index is 0.0540. The van der Waals surface area contributed by atoms with Crippen molar-refractivity contribution in [3.63, 3.8) is 0 Å². The van der Waals surface area contributed by atoms with Gasteiger partial charge in [-0.25, -0.2) is 17.8 Å². The van der Waals surface area contributed by atoms with Crippen LogP contribution >= 0.6 is 0 Å². The van der Waals surface area contributed by atoms with E-state index in [4.69, 9.17) is 0 Å². The van der Waals surface area contributed by atoms with Crippen LogP contribution in [0.1, 0.15) is 21.7 Å². The number of rotatable bonds is 7. The highest BCUT2D eigenvalue weighted by molar-refractivity contribution is 7.92. The van der Waals surface area contributed by atoms with Crippen LogP contribution in [-0.2, 0) is 23.5 Å². The summed E-state index contributed by atoms with van der Waals surface area (Å²) in [6.45, 7) is 2.10. The van der Waals surface area contributed by atoms with E-state index in [1.807, 2.05) is 17.8 Å². The van der Waals surface area contributed by atoms with Gasteiger partial charge in [0.2, 0.25) is 0 Å². The SMILES string of the molecule is Cc1ccc(S(=O)(=O)Nc2ccc(F)cc2)cc1C(=O)NCCc1nccn1C. The summed E-state index contributed by atoms with van der Waals surface area (Å²) < 4.78 is 42.5. The van der Waals surface area contributed by atoms with Gasteiger partial charge >= 0.3 is 0 Å². The van der Waals surface area contributed by atoms with Gasteiger partial charge in [0.1, 0.15) is 11.6 Å². The predicted octanol–water partition coefficient (Wildman–Crippen LogP) is 2.64. The maximum absolute atomic E-state index is 13.0. The standard InChI is InChI=1S/C20H21FN4O3S/c1-14-3-8-17(29(27,28)24-16-6-4-15(21)5-7-16)13-18(14)20(26)23-10-9-19-22-11-12-25(19)2/h3-8,11-13,24H,9-10H2,1-2H3,(H,23,26). The van der Waals surface area contributed by atoms with E-state index in [9.17, 15) is 17.6 Å². The molecule has 0 aliphatic rings. The number of amides is 1. The number of hydrogen-bond acceptors (Lipinski definition) is 4. The molecule has 152 valence electrons. The van der Waals surface area contributed by atoms with E-state index in [0.29, 0.717) is 18.5 Å². The van der Waals surface area contributed by atoms with Gasteiger partial charge in [-0.05, 0) is 48.9 Å². The number of aromatic nitrogens is 2. The van der Waals surface area contributed by atoms with Gasteiger partial charge in [0.25, 0.3) is 15.9 Å². The van der Waals surface area contributed by atoms with Crippen LogP contribution in [0.25, 0.3) is 0 Å². The molecule has 0 atom stereocenters. The fourth-order valence-electron chi connectivity index (χ4n) is 2.77. The summed E-state index contributed by atoms with van der Waals surface area (Å²) in [5, 5.41) is 2.79. The van der Waals surface area contributed by atoms with Crippen molar-refractivity contribution in [2.75, 3.05) is 11.3 Å². The van der Waals surface area contributed by atoms with Crippen LogP contribution in [0.3, 0.4) is 0 Å². The highest BCUT2D eigenvalue weighted by Crippen LogP contribution is 2.19. The molecule has 0 spiro atoms. The fraction of sp³-hybridized carbons (Fsp3) is 0.200. The molecular weight excluding hydrogens is 395 g/mol. The number of sulfonamides is 1. The van der Waals surface area contributed by atoms with Crippen molar-refractivity contribution in [3.05, 3.63) is 77.6 Å². The van der Waals surface area contributed by atoms with Crippen molar-refractivity contribution in [1.29, 1.82) is 0 Å². The third-order valence-electron chi connectivity index (χ3n) is 4.42. The number of carbonyl (C=O) groups is 1. The number of anilines is 1. The molecule has 1 aromatic heterocycles. The Morgan fingerprint density at radius 2 is 1.90 bits per heavy atom. The minimum atomic E-state index is -3.93. The molecule has 0 bridgehead atoms. The molecule has 0 fully saturated rings. The molecule has 1 amide bonds. The zero-order valence-electron chi connectivity index (χ0n) is 16.0. The summed E-state index contributed by atoms with van der Waals surface area (Å²) in [6.07, 6.45) is 4.06. The van der Waals surface area contributed by atoms with Crippen molar-refractivity contribution in [1.82, 2.24) is 14.9 Å². The van der Waals surface area contributed by atoms with Crippen LogP contribution in [-0.4, -0.2) is 30.4 Å². The second-order valence-corrected chi connectivity index (χ2v) is 8.23. The molecule has 1 heterocycles. The number of nitrogens with one attached hydrogen (secondary N) is 2. The maximum atomic E-state index is 13.0. The van der Waals surface area contributed by atoms with Crippen molar-refractivity contribution in [3.8, 4) is 0 Å². The molecule has 0 saturated heterocycles. The first-order valence-electron chi connectivity index (χ1n) is 8.90. The van der Waals surface area contributed by atoms with Crippen molar-refractivity contribution >= 4 is 21.6 Å². The van der Waals surface area contributed by atoms with E-state index in [1.54, 1.807) is 19.2 Å². The molecule has 0 unspecified atom stereocenters. The first-order chi connectivity index (χ1) is 13.8. The van der Waals surface area contributed by atoms with Crippen molar-refractivity contribution in [2.45, 2.75) is 18.2 Å². The normalized spacial score (nSPS) is 11.3. The zero-order chi connectivity index (χ0) is 21.0. The first kappa shape index (κ1) is 20.5. The molecule has 0 saturated carbocycles. The van der Waals surface area contributed by atoms with Gasteiger partial charge in [0, 0.05) is 43.7 Å². The van der Waals surface area contributed by atoms with E-state index < -0.39 is 15.8 Å². The molecular formula is C20H21FN4O3S. The van der Waals surface area contributed by atoms with E-state index in [-0.39, 0.29) is 22.1 Å². The Labute approximate surface area is 168 Å². The number of imidazole rings is 1. The van der Waals surface area contributed by atoms with E-state index in [1.165, 1.54) is 24.3 Å². The number of halogens is 1. The largest absolute Gasteiger partial charge is 0.352 e. The Morgan fingerprint density at radius 3 is 2.55 bits per heavy atom. The van der Waals surface area contributed by atoms with Gasteiger partial charge in [-0.2, -0.15) is 0 Å². The Balaban J connectivity index is 1.73. The lowest BCUT2D eigenvalue weighted by atomic mass is 10.1. The van der Waals surface area contributed by atoms with Crippen molar-refractivity contribution < 1.29 is 17.6 Å². The Morgan fingerprint density at radius 1 is 1.17 bits per heavy atom. The molecule has 0 radical (unpaired) electrons. The summed E-state index contributed by atoms with van der Waals surface area (Å²) in [4.78, 5) is 16.7. The number of benzene rings is 2. The van der Waals surface area contributed by atoms with Gasteiger partial charge in [0.05, 0.1) is 4.90 Å². The van der Waals surface area contributed by atoms with E-state index in [2.05, 4.69) is 15.0 Å². The number of nitrogens with zero attached hydrogens (tertiary/aromatic N) is 2. The van der Waals surface area contributed by atoms with Crippen LogP contribution < -0.4 is 10.0 Å². The van der Waals surface area contributed by atoms with E-state index in [0.717, 1.165) is 18.0 Å². The van der Waals surface area contributed by atoms with Gasteiger partial charge in [-0.1, -0.05) is 6.07 Å². The molecule has 7 nitrogen and oxygen atoms in total. The third-order valence-corrected chi connectivity index (χ3v) is 5.79. The van der Waals surface area contributed by atoms with Gasteiger partial charge in [-0.15, -0.1) is 0 Å². The Kier molecular flexibility index (Phi) is 5.97. The van der Waals surface area contributed by atoms with Gasteiger partial charge < -0.3 is 9.88 Å². The summed E-state index contributed by atoms with van der Waals surface area (Å²) >= 11 is 0. The number of hydrogen-bond donors (Lipinski definition) is 2. The molecule has 3 aromatic rings. The van der Waals surface area contributed by atoms with Gasteiger partial charge in [-0.3, -0.25) is 9.52 Å². The summed E-state index contributed by atoms with van der Waals surface area (Å²) in [5.41, 5.74) is 1.15. The van der Waals surface area contributed by atoms with Gasteiger partial charge in [0.15, 0.2) is 0 Å². The minimum Gasteiger partial charge on any atom is -0.352 e. The third kappa shape index (κ3) is 5.00. The second-order valence-electron chi connectivity index (χ2n) is 6.55. The highest BCUT2D eigenvalue weighted by atomic mass is 32.2. The van der Waals surface area contributed by atoms with Crippen LogP contribution in [0, 0.1) is 12.7 Å². The second kappa shape index (κ2) is 8.44. The Bertz CT molecular complexity index is 1120. The lowest BCUT2D eigenvalue weighted by molar-refractivity contribution is 0.0953. The van der Waals surface area contributed by atoms with Crippen LogP contribution in [0.5, 0.6) is 0 Å². The molecule has 2 aromatic carbocycles. The monoisotopic (exact) mass is 416 g/mol. The molecule has 0 aliphatic carbocycles. The highest BCUT2D eigenvalue weighted by Gasteiger charge is 2.18. The molecule has 3 rings (SSSR count). The fourth-order valence-corrected chi connectivity index (χ4v) is 3.85. The summed E-state index contributed by atoms with van der Waals surface area (Å²) in [6, 6.07) is 9.30. The summed E-state index contributed by atoms with van der Waals surface area (Å²) in [7, 11) is -2.05. The zero-order valence-corrected chi connectivity index (χ0v) is 16.8. The quantitative estimate of drug-likeness (QED) is 0.619. The van der Waals surface area contributed by atoms with Crippen LogP contribution in [0.2, 0.25) is 0 Å². The maximum Gasteiger partial charge on any atom is 0.261 e. The van der Waals surface area contributed by atoms with Crippen LogP contribution in [0.4, 0.5) is 10.1 Å². The topological polar surface area (TPSA) is 93.1 Å². The lowest BCUT2D eigenvalue weighted by Gasteiger charge is -2.12. The number of carbonyl (C=O) groups excluding carboxylic acids is 1. The summed E-state index contributed by atoms with van der Waals surface area (Å²) in [5.74, 6) is 0.00479. The average Bonchev–Trinajstić information content (AvgIpc) is 3.08. The number of aryl methyl sites for hydroxylation is 2. The van der Waals surface area contributed by atoms with Crippen LogP contribution in [0.15, 0.2) is 59.8 Å². The molecule has 9 heteroatoms. The van der Waals surface area contributed by atoms with Crippen molar-refractivity contribution in [2.24, 2.45) is 7.05 Å².